The smallest absolute Gasteiger partial charge is 0.408 e. The van der Waals surface area contributed by atoms with E-state index in [4.69, 9.17) is 16.2 Å². The minimum atomic E-state index is -3.22. The molecule has 0 aliphatic carbocycles. The van der Waals surface area contributed by atoms with Crippen molar-refractivity contribution in [1.29, 1.82) is 0 Å². The highest BCUT2D eigenvalue weighted by molar-refractivity contribution is 14.1. The highest BCUT2D eigenvalue weighted by Gasteiger charge is 2.45. The monoisotopic (exact) mass is 486 g/mol. The predicted octanol–water partition coefficient (Wildman–Crippen LogP) is 1.57. The summed E-state index contributed by atoms with van der Waals surface area (Å²) in [6.07, 6.45) is -3.24. The molecule has 22 heavy (non-hydrogen) atoms. The standard InChI is InChI=1S/C12H12BrIN2O6/c1-2-5-6(13)3-4-7(14)8(5)9(21-10(15)17)12(19,20)22-11(16)18/h2-4,9,19-20H,1H2,(H2,15,17)(H2,16,18). The van der Waals surface area contributed by atoms with Crippen molar-refractivity contribution in [3.63, 3.8) is 0 Å². The number of hydrogen-bond donors (Lipinski definition) is 4. The first-order chi connectivity index (χ1) is 10.1. The van der Waals surface area contributed by atoms with Crippen LogP contribution >= 0.6 is 38.5 Å². The molecule has 0 aliphatic rings. The van der Waals surface area contributed by atoms with E-state index in [1.165, 1.54) is 6.08 Å². The Kier molecular flexibility index (Phi) is 6.17. The molecular formula is C12H12BrIN2O6. The molecule has 1 aromatic rings. The van der Waals surface area contributed by atoms with Crippen LogP contribution < -0.4 is 11.5 Å². The number of carbonyl (C=O) groups is 2. The summed E-state index contributed by atoms with van der Waals surface area (Å²) in [5.41, 5.74) is 10.2. The number of halogens is 2. The molecule has 0 spiro atoms. The number of ether oxygens (including phenoxy) is 2. The van der Waals surface area contributed by atoms with Crippen molar-refractivity contribution in [1.82, 2.24) is 0 Å². The SMILES string of the molecule is C=Cc1c(Br)ccc(I)c1C(OC(N)=O)C(O)(O)OC(N)=O. The zero-order chi connectivity index (χ0) is 17.1. The fourth-order valence-corrected chi connectivity index (χ4v) is 2.96. The van der Waals surface area contributed by atoms with Crippen LogP contribution in [0.3, 0.4) is 0 Å². The van der Waals surface area contributed by atoms with Crippen LogP contribution in [0, 0.1) is 3.57 Å². The normalized spacial score (nSPS) is 12.4. The molecule has 0 aliphatic heterocycles. The van der Waals surface area contributed by atoms with Crippen LogP contribution in [0.2, 0.25) is 0 Å². The zero-order valence-electron chi connectivity index (χ0n) is 11.0. The van der Waals surface area contributed by atoms with Gasteiger partial charge < -0.3 is 31.2 Å². The molecule has 0 heterocycles. The summed E-state index contributed by atoms with van der Waals surface area (Å²) in [6.45, 7) is 3.60. The van der Waals surface area contributed by atoms with Gasteiger partial charge >= 0.3 is 18.2 Å². The first-order valence-electron chi connectivity index (χ1n) is 5.59. The largest absolute Gasteiger partial charge is 0.431 e. The maximum Gasteiger partial charge on any atom is 0.408 e. The fourth-order valence-electron chi connectivity index (χ4n) is 1.70. The predicted molar refractivity (Wildman–Crippen MR) is 88.2 cm³/mol. The molecule has 0 fully saturated rings. The quantitative estimate of drug-likeness (QED) is 0.367. The van der Waals surface area contributed by atoms with E-state index in [1.54, 1.807) is 12.1 Å². The minimum absolute atomic E-state index is 0.120. The van der Waals surface area contributed by atoms with Gasteiger partial charge in [-0.2, -0.15) is 0 Å². The van der Waals surface area contributed by atoms with Crippen LogP contribution in [0.4, 0.5) is 9.59 Å². The summed E-state index contributed by atoms with van der Waals surface area (Å²) in [5, 5.41) is 19.9. The number of benzene rings is 1. The average Bonchev–Trinajstić information content (AvgIpc) is 2.37. The minimum Gasteiger partial charge on any atom is -0.431 e. The van der Waals surface area contributed by atoms with Crippen molar-refractivity contribution in [2.24, 2.45) is 11.5 Å². The van der Waals surface area contributed by atoms with Gasteiger partial charge in [-0.1, -0.05) is 28.6 Å². The number of rotatable bonds is 5. The van der Waals surface area contributed by atoms with Gasteiger partial charge in [0.1, 0.15) is 0 Å². The Balaban J connectivity index is 3.53. The molecule has 0 radical (unpaired) electrons. The molecule has 6 N–H and O–H groups in total. The first-order valence-corrected chi connectivity index (χ1v) is 7.47. The second-order valence-electron chi connectivity index (χ2n) is 3.96. The van der Waals surface area contributed by atoms with E-state index in [1.807, 2.05) is 22.6 Å². The van der Waals surface area contributed by atoms with Gasteiger partial charge in [0.2, 0.25) is 6.10 Å². The second-order valence-corrected chi connectivity index (χ2v) is 5.97. The summed E-state index contributed by atoms with van der Waals surface area (Å²) < 4.78 is 9.93. The van der Waals surface area contributed by atoms with Crippen molar-refractivity contribution in [2.45, 2.75) is 12.1 Å². The summed E-state index contributed by atoms with van der Waals surface area (Å²) in [4.78, 5) is 21.9. The van der Waals surface area contributed by atoms with Crippen molar-refractivity contribution in [3.8, 4) is 0 Å². The Morgan fingerprint density at radius 1 is 1.36 bits per heavy atom. The molecule has 2 amide bonds. The molecule has 0 aromatic heterocycles. The number of nitrogens with two attached hydrogens (primary N) is 2. The summed E-state index contributed by atoms with van der Waals surface area (Å²) in [5.74, 6) is -3.22. The number of carbonyl (C=O) groups excluding carboxylic acids is 2. The Morgan fingerprint density at radius 2 is 1.95 bits per heavy atom. The maximum atomic E-state index is 11.1. The van der Waals surface area contributed by atoms with Crippen LogP contribution in [0.5, 0.6) is 0 Å². The van der Waals surface area contributed by atoms with E-state index in [9.17, 15) is 19.8 Å². The fraction of sp³-hybridized carbons (Fsp3) is 0.167. The Labute approximate surface area is 147 Å². The van der Waals surface area contributed by atoms with Gasteiger partial charge in [-0.3, -0.25) is 0 Å². The molecule has 1 atom stereocenters. The number of amides is 2. The van der Waals surface area contributed by atoms with Crippen LogP contribution in [-0.4, -0.2) is 28.4 Å². The van der Waals surface area contributed by atoms with Crippen LogP contribution in [-0.2, 0) is 9.47 Å². The molecule has 1 unspecified atom stereocenters. The molecule has 1 rings (SSSR count). The van der Waals surface area contributed by atoms with Gasteiger partial charge in [0, 0.05) is 13.6 Å². The second kappa shape index (κ2) is 7.26. The van der Waals surface area contributed by atoms with Gasteiger partial charge in [0.25, 0.3) is 0 Å². The number of hydrogen-bond acceptors (Lipinski definition) is 6. The molecular weight excluding hydrogens is 475 g/mol. The van der Waals surface area contributed by atoms with Crippen molar-refractivity contribution < 1.29 is 29.3 Å². The molecule has 0 saturated carbocycles. The third-order valence-electron chi connectivity index (χ3n) is 2.47. The lowest BCUT2D eigenvalue weighted by Crippen LogP contribution is -2.45. The first kappa shape index (κ1) is 18.7. The van der Waals surface area contributed by atoms with Crippen molar-refractivity contribution in [3.05, 3.63) is 37.9 Å². The molecule has 0 bridgehead atoms. The lowest BCUT2D eigenvalue weighted by Gasteiger charge is -2.30. The number of primary amides is 2. The highest BCUT2D eigenvalue weighted by Crippen LogP contribution is 2.38. The van der Waals surface area contributed by atoms with Gasteiger partial charge in [-0.15, -0.1) is 0 Å². The van der Waals surface area contributed by atoms with Gasteiger partial charge in [-0.05, 0) is 40.3 Å². The van der Waals surface area contributed by atoms with E-state index >= 15 is 0 Å². The third kappa shape index (κ3) is 4.32. The van der Waals surface area contributed by atoms with Crippen molar-refractivity contribution >= 4 is 56.8 Å². The van der Waals surface area contributed by atoms with Crippen LogP contribution in [0.25, 0.3) is 6.08 Å². The Morgan fingerprint density at radius 3 is 2.41 bits per heavy atom. The molecule has 8 nitrogen and oxygen atoms in total. The number of aliphatic hydroxyl groups is 2. The summed E-state index contributed by atoms with van der Waals surface area (Å²) >= 11 is 5.12. The van der Waals surface area contributed by atoms with E-state index < -0.39 is 24.3 Å². The Bertz CT molecular complexity index is 622. The van der Waals surface area contributed by atoms with Gasteiger partial charge in [0.15, 0.2) is 0 Å². The van der Waals surface area contributed by atoms with Crippen LogP contribution in [0.1, 0.15) is 17.2 Å². The third-order valence-corrected chi connectivity index (χ3v) is 4.11. The van der Waals surface area contributed by atoms with Crippen molar-refractivity contribution in [2.75, 3.05) is 0 Å². The molecule has 10 heteroatoms. The maximum absolute atomic E-state index is 11.1. The topological polar surface area (TPSA) is 145 Å². The molecule has 0 saturated heterocycles. The van der Waals surface area contributed by atoms with E-state index in [-0.39, 0.29) is 5.56 Å². The van der Waals surface area contributed by atoms with Gasteiger partial charge in [-0.25, -0.2) is 9.59 Å². The molecule has 120 valence electrons. The van der Waals surface area contributed by atoms with E-state index in [0.717, 1.165) is 0 Å². The Hall–Kier alpha value is -1.37. The average molecular weight is 487 g/mol. The van der Waals surface area contributed by atoms with E-state index in [2.05, 4.69) is 27.2 Å². The zero-order valence-corrected chi connectivity index (χ0v) is 14.7. The molecule has 1 aromatic carbocycles. The summed E-state index contributed by atoms with van der Waals surface area (Å²) in [7, 11) is 0. The van der Waals surface area contributed by atoms with Crippen LogP contribution in [0.15, 0.2) is 23.2 Å². The summed E-state index contributed by atoms with van der Waals surface area (Å²) in [6, 6.07) is 3.28. The lowest BCUT2D eigenvalue weighted by molar-refractivity contribution is -0.350. The highest BCUT2D eigenvalue weighted by atomic mass is 127. The van der Waals surface area contributed by atoms with E-state index in [0.29, 0.717) is 13.6 Å². The lowest BCUT2D eigenvalue weighted by atomic mass is 10.0. The van der Waals surface area contributed by atoms with Gasteiger partial charge in [0.05, 0.1) is 0 Å².